The molecule has 3 fully saturated rings. The lowest BCUT2D eigenvalue weighted by Gasteiger charge is -2.58. The van der Waals surface area contributed by atoms with Crippen molar-refractivity contribution in [2.75, 3.05) is 0 Å². The molecule has 7 atom stereocenters. The SMILES string of the molecule is C[C@]12CCC(O)CC1=CC[C@@H]1[C@@H]2CC[C@@]2(C)[C@H]1CC[C@]2(O)CC#N. The van der Waals surface area contributed by atoms with Crippen LogP contribution in [0.3, 0.4) is 0 Å². The van der Waals surface area contributed by atoms with E-state index in [0.717, 1.165) is 51.4 Å². The second-order valence-electron chi connectivity index (χ2n) is 9.52. The third-order valence-electron chi connectivity index (χ3n) is 8.77. The van der Waals surface area contributed by atoms with Gasteiger partial charge in [0.2, 0.25) is 0 Å². The Bertz CT molecular complexity index is 607. The van der Waals surface area contributed by atoms with Crippen LogP contribution in [-0.2, 0) is 0 Å². The fourth-order valence-corrected chi connectivity index (χ4v) is 7.17. The molecule has 4 rings (SSSR count). The largest absolute Gasteiger partial charge is 0.393 e. The molecule has 0 amide bonds. The first kappa shape index (κ1) is 16.6. The van der Waals surface area contributed by atoms with Crippen molar-refractivity contribution in [3.05, 3.63) is 11.6 Å². The Balaban J connectivity index is 1.67. The van der Waals surface area contributed by atoms with Crippen LogP contribution in [0.15, 0.2) is 11.6 Å². The second-order valence-corrected chi connectivity index (χ2v) is 9.52. The van der Waals surface area contributed by atoms with Gasteiger partial charge in [0.25, 0.3) is 0 Å². The van der Waals surface area contributed by atoms with Crippen LogP contribution >= 0.6 is 0 Å². The fraction of sp³-hybridized carbons (Fsp3) is 0.857. The maximum Gasteiger partial charge on any atom is 0.0833 e. The summed E-state index contributed by atoms with van der Waals surface area (Å²) in [5.74, 6) is 1.86. The summed E-state index contributed by atoms with van der Waals surface area (Å²) in [5, 5.41) is 30.5. The molecule has 0 heterocycles. The molecule has 0 bridgehead atoms. The van der Waals surface area contributed by atoms with Gasteiger partial charge >= 0.3 is 0 Å². The molecule has 0 aromatic rings. The van der Waals surface area contributed by atoms with E-state index in [2.05, 4.69) is 26.0 Å². The molecule has 0 radical (unpaired) electrons. The van der Waals surface area contributed by atoms with Gasteiger partial charge in [0, 0.05) is 5.41 Å². The Labute approximate surface area is 145 Å². The van der Waals surface area contributed by atoms with Crippen LogP contribution in [0.2, 0.25) is 0 Å². The molecule has 0 saturated heterocycles. The van der Waals surface area contributed by atoms with Crippen molar-refractivity contribution in [2.24, 2.45) is 28.6 Å². The first-order chi connectivity index (χ1) is 11.3. The lowest BCUT2D eigenvalue weighted by molar-refractivity contribution is -0.122. The van der Waals surface area contributed by atoms with Crippen molar-refractivity contribution in [2.45, 2.75) is 83.3 Å². The summed E-state index contributed by atoms with van der Waals surface area (Å²) in [6.45, 7) is 4.69. The van der Waals surface area contributed by atoms with Crippen LogP contribution in [0.25, 0.3) is 0 Å². The lowest BCUT2D eigenvalue weighted by Crippen LogP contribution is -2.54. The zero-order valence-corrected chi connectivity index (χ0v) is 15.1. The van der Waals surface area contributed by atoms with E-state index in [1.165, 1.54) is 5.57 Å². The molecule has 0 spiro atoms. The molecule has 132 valence electrons. The topological polar surface area (TPSA) is 64.2 Å². The first-order valence-electron chi connectivity index (χ1n) is 9.81. The highest BCUT2D eigenvalue weighted by molar-refractivity contribution is 5.26. The van der Waals surface area contributed by atoms with Gasteiger partial charge in [-0.05, 0) is 74.5 Å². The van der Waals surface area contributed by atoms with Crippen molar-refractivity contribution >= 4 is 0 Å². The van der Waals surface area contributed by atoms with E-state index in [0.29, 0.717) is 17.8 Å². The van der Waals surface area contributed by atoms with Crippen LogP contribution in [-0.4, -0.2) is 21.9 Å². The molecule has 0 aromatic carbocycles. The summed E-state index contributed by atoms with van der Waals surface area (Å²) in [5.41, 5.74) is 0.862. The van der Waals surface area contributed by atoms with Gasteiger partial charge in [-0.3, -0.25) is 0 Å². The number of fused-ring (bicyclic) bond motifs is 5. The number of hydrogen-bond donors (Lipinski definition) is 2. The molecular weight excluding hydrogens is 298 g/mol. The predicted molar refractivity (Wildman–Crippen MR) is 92.9 cm³/mol. The van der Waals surface area contributed by atoms with E-state index < -0.39 is 5.60 Å². The van der Waals surface area contributed by atoms with Crippen LogP contribution in [0.4, 0.5) is 0 Å². The number of nitrogens with zero attached hydrogens (tertiary/aromatic N) is 1. The van der Waals surface area contributed by atoms with E-state index >= 15 is 0 Å². The summed E-state index contributed by atoms with van der Waals surface area (Å²) in [6, 6.07) is 2.25. The van der Waals surface area contributed by atoms with Crippen LogP contribution in [0, 0.1) is 39.9 Å². The van der Waals surface area contributed by atoms with Gasteiger partial charge in [-0.1, -0.05) is 25.5 Å². The minimum absolute atomic E-state index is 0.0974. The lowest BCUT2D eigenvalue weighted by atomic mass is 9.47. The summed E-state index contributed by atoms with van der Waals surface area (Å²) >= 11 is 0. The van der Waals surface area contributed by atoms with Gasteiger partial charge in [-0.2, -0.15) is 5.26 Å². The molecule has 3 heteroatoms. The van der Waals surface area contributed by atoms with E-state index in [1.807, 2.05) is 0 Å². The normalized spacial score (nSPS) is 53.4. The van der Waals surface area contributed by atoms with Crippen LogP contribution in [0.5, 0.6) is 0 Å². The Morgan fingerprint density at radius 1 is 1.17 bits per heavy atom. The van der Waals surface area contributed by atoms with Gasteiger partial charge in [0.15, 0.2) is 0 Å². The third-order valence-corrected chi connectivity index (χ3v) is 8.77. The second kappa shape index (κ2) is 5.32. The average molecular weight is 329 g/mol. The Hall–Kier alpha value is -0.850. The maximum absolute atomic E-state index is 11.2. The average Bonchev–Trinajstić information content (AvgIpc) is 2.80. The molecule has 2 N–H and O–H groups in total. The highest BCUT2D eigenvalue weighted by atomic mass is 16.3. The standard InChI is InChI=1S/C21H31NO2/c1-19-8-5-15(23)13-14(19)3-4-16-17(19)6-9-20(2)18(16)7-10-21(20,24)11-12-22/h3,15-18,23-24H,4-11,13H2,1-2H3/t15?,16-,17+,18+,19+,20+,21+/m1/s1. The van der Waals surface area contributed by atoms with Gasteiger partial charge in [-0.15, -0.1) is 0 Å². The molecule has 4 aliphatic rings. The number of allylic oxidation sites excluding steroid dienone is 1. The Morgan fingerprint density at radius 3 is 2.67 bits per heavy atom. The molecule has 24 heavy (non-hydrogen) atoms. The number of rotatable bonds is 1. The number of nitriles is 1. The van der Waals surface area contributed by atoms with Gasteiger partial charge < -0.3 is 10.2 Å². The van der Waals surface area contributed by atoms with Crippen molar-refractivity contribution in [1.29, 1.82) is 5.26 Å². The Morgan fingerprint density at radius 2 is 1.92 bits per heavy atom. The van der Waals surface area contributed by atoms with Crippen molar-refractivity contribution < 1.29 is 10.2 Å². The third kappa shape index (κ3) is 2.02. The van der Waals surface area contributed by atoms with E-state index in [4.69, 9.17) is 0 Å². The molecule has 3 saturated carbocycles. The van der Waals surface area contributed by atoms with E-state index in [-0.39, 0.29) is 23.4 Å². The quantitative estimate of drug-likeness (QED) is 0.716. The number of aliphatic hydroxyl groups is 2. The van der Waals surface area contributed by atoms with E-state index in [1.54, 1.807) is 0 Å². The fourth-order valence-electron chi connectivity index (χ4n) is 7.17. The van der Waals surface area contributed by atoms with Crippen molar-refractivity contribution in [3.63, 3.8) is 0 Å². The predicted octanol–water partition coefficient (Wildman–Crippen LogP) is 3.95. The summed E-state index contributed by atoms with van der Waals surface area (Å²) in [7, 11) is 0. The minimum Gasteiger partial charge on any atom is -0.393 e. The summed E-state index contributed by atoms with van der Waals surface area (Å²) < 4.78 is 0. The summed E-state index contributed by atoms with van der Waals surface area (Å²) in [6.07, 6.45) is 10.6. The molecule has 1 unspecified atom stereocenters. The summed E-state index contributed by atoms with van der Waals surface area (Å²) in [4.78, 5) is 0. The molecule has 4 aliphatic carbocycles. The van der Waals surface area contributed by atoms with Gasteiger partial charge in [-0.25, -0.2) is 0 Å². The smallest absolute Gasteiger partial charge is 0.0833 e. The van der Waals surface area contributed by atoms with Gasteiger partial charge in [0.1, 0.15) is 0 Å². The molecule has 3 nitrogen and oxygen atoms in total. The first-order valence-corrected chi connectivity index (χ1v) is 9.81. The van der Waals surface area contributed by atoms with Gasteiger partial charge in [0.05, 0.1) is 24.2 Å². The van der Waals surface area contributed by atoms with Crippen LogP contribution in [0.1, 0.15) is 71.6 Å². The zero-order valence-electron chi connectivity index (χ0n) is 15.1. The molecule has 0 aliphatic heterocycles. The van der Waals surface area contributed by atoms with Crippen molar-refractivity contribution in [1.82, 2.24) is 0 Å². The zero-order chi connectivity index (χ0) is 17.2. The minimum atomic E-state index is -0.787. The number of hydrogen-bond acceptors (Lipinski definition) is 3. The maximum atomic E-state index is 11.2. The van der Waals surface area contributed by atoms with Crippen molar-refractivity contribution in [3.8, 4) is 6.07 Å². The highest BCUT2D eigenvalue weighted by Gasteiger charge is 2.63. The highest BCUT2D eigenvalue weighted by Crippen LogP contribution is 2.67. The molecule has 0 aromatic heterocycles. The number of aliphatic hydroxyl groups excluding tert-OH is 1. The van der Waals surface area contributed by atoms with E-state index in [9.17, 15) is 15.5 Å². The van der Waals surface area contributed by atoms with Crippen LogP contribution < -0.4 is 0 Å². The Kier molecular flexibility index (Phi) is 3.68. The monoisotopic (exact) mass is 329 g/mol. The molecular formula is C21H31NO2.